The Balaban J connectivity index is 2.04. The number of benzene rings is 1. The van der Waals surface area contributed by atoms with Crippen LogP contribution in [0.5, 0.6) is 0 Å². The molecule has 0 unspecified atom stereocenters. The SMILES string of the molecule is CSCC[C@@H](NS(=O)(=O)c1ccccc1)C(=O)O[C@@H](C)C(=O)Nc1ccc(Cl)cn1. The van der Waals surface area contributed by atoms with E-state index in [1.165, 1.54) is 43.1 Å². The Bertz CT molecular complexity index is 956. The molecule has 0 aliphatic carbocycles. The molecule has 11 heteroatoms. The Hall–Kier alpha value is -2.14. The monoisotopic (exact) mass is 471 g/mol. The zero-order valence-electron chi connectivity index (χ0n) is 16.4. The number of carbonyl (C=O) groups is 2. The fourth-order valence-corrected chi connectivity index (χ4v) is 4.13. The normalized spacial score (nSPS) is 13.3. The molecular weight excluding hydrogens is 450 g/mol. The third-order valence-electron chi connectivity index (χ3n) is 3.89. The first-order chi connectivity index (χ1) is 14.2. The molecule has 0 aliphatic rings. The molecule has 8 nitrogen and oxygen atoms in total. The summed E-state index contributed by atoms with van der Waals surface area (Å²) in [5, 5.41) is 2.91. The molecule has 2 atom stereocenters. The van der Waals surface area contributed by atoms with E-state index >= 15 is 0 Å². The minimum Gasteiger partial charge on any atom is -0.451 e. The van der Waals surface area contributed by atoms with Crippen LogP contribution in [0.4, 0.5) is 5.82 Å². The molecule has 2 rings (SSSR count). The van der Waals surface area contributed by atoms with Gasteiger partial charge in [0.2, 0.25) is 10.0 Å². The number of nitrogens with zero attached hydrogens (tertiary/aromatic N) is 1. The number of halogens is 1. The fraction of sp³-hybridized carbons (Fsp3) is 0.316. The van der Waals surface area contributed by atoms with Gasteiger partial charge < -0.3 is 10.1 Å². The molecule has 1 amide bonds. The van der Waals surface area contributed by atoms with E-state index in [1.54, 1.807) is 24.3 Å². The molecule has 0 saturated heterocycles. The van der Waals surface area contributed by atoms with E-state index < -0.39 is 34.0 Å². The Morgan fingerprint density at radius 1 is 1.20 bits per heavy atom. The first-order valence-electron chi connectivity index (χ1n) is 8.92. The van der Waals surface area contributed by atoms with Crippen molar-refractivity contribution in [3.05, 3.63) is 53.7 Å². The lowest BCUT2D eigenvalue weighted by molar-refractivity contribution is -0.154. The molecule has 1 heterocycles. The summed E-state index contributed by atoms with van der Waals surface area (Å²) in [6.45, 7) is 1.39. The summed E-state index contributed by atoms with van der Waals surface area (Å²) in [6, 6.07) is 9.63. The highest BCUT2D eigenvalue weighted by atomic mass is 35.5. The van der Waals surface area contributed by atoms with Crippen molar-refractivity contribution in [1.82, 2.24) is 9.71 Å². The predicted octanol–water partition coefficient (Wildman–Crippen LogP) is 2.71. The third-order valence-corrected chi connectivity index (χ3v) is 6.24. The Morgan fingerprint density at radius 3 is 2.50 bits per heavy atom. The number of aromatic nitrogens is 1. The number of hydrogen-bond donors (Lipinski definition) is 2. The first kappa shape index (κ1) is 24.1. The molecule has 2 N–H and O–H groups in total. The van der Waals surface area contributed by atoms with Crippen LogP contribution in [0.25, 0.3) is 0 Å². The van der Waals surface area contributed by atoms with E-state index in [0.29, 0.717) is 10.8 Å². The van der Waals surface area contributed by atoms with Crippen molar-refractivity contribution in [2.24, 2.45) is 0 Å². The van der Waals surface area contributed by atoms with Crippen LogP contribution >= 0.6 is 23.4 Å². The van der Waals surface area contributed by atoms with Gasteiger partial charge in [-0.2, -0.15) is 16.5 Å². The maximum absolute atomic E-state index is 12.6. The van der Waals surface area contributed by atoms with Crippen LogP contribution in [0.3, 0.4) is 0 Å². The van der Waals surface area contributed by atoms with Gasteiger partial charge in [0.25, 0.3) is 5.91 Å². The maximum atomic E-state index is 12.6. The second kappa shape index (κ2) is 11.3. The summed E-state index contributed by atoms with van der Waals surface area (Å²) in [5.41, 5.74) is 0. The van der Waals surface area contributed by atoms with Gasteiger partial charge in [-0.3, -0.25) is 9.59 Å². The number of sulfonamides is 1. The number of ether oxygens (including phenoxy) is 1. The van der Waals surface area contributed by atoms with E-state index in [1.807, 2.05) is 6.26 Å². The van der Waals surface area contributed by atoms with Crippen molar-refractivity contribution in [3.8, 4) is 0 Å². The van der Waals surface area contributed by atoms with Gasteiger partial charge in [0.15, 0.2) is 6.10 Å². The van der Waals surface area contributed by atoms with Crippen molar-refractivity contribution in [3.63, 3.8) is 0 Å². The summed E-state index contributed by atoms with van der Waals surface area (Å²) in [6.07, 6.45) is 2.25. The first-order valence-corrected chi connectivity index (χ1v) is 12.2. The van der Waals surface area contributed by atoms with Gasteiger partial charge >= 0.3 is 5.97 Å². The molecule has 0 spiro atoms. The van der Waals surface area contributed by atoms with E-state index in [2.05, 4.69) is 15.0 Å². The summed E-state index contributed by atoms with van der Waals surface area (Å²) in [7, 11) is -3.93. The van der Waals surface area contributed by atoms with Crippen LogP contribution in [0, 0.1) is 0 Å². The average Bonchev–Trinajstić information content (AvgIpc) is 2.73. The lowest BCUT2D eigenvalue weighted by Crippen LogP contribution is -2.44. The highest BCUT2D eigenvalue weighted by Crippen LogP contribution is 2.13. The topological polar surface area (TPSA) is 114 Å². The second-order valence-electron chi connectivity index (χ2n) is 6.20. The van der Waals surface area contributed by atoms with Crippen molar-refractivity contribution < 1.29 is 22.7 Å². The number of amides is 1. The summed E-state index contributed by atoms with van der Waals surface area (Å²) in [4.78, 5) is 28.8. The third kappa shape index (κ3) is 7.28. The largest absolute Gasteiger partial charge is 0.451 e. The van der Waals surface area contributed by atoms with E-state index in [9.17, 15) is 18.0 Å². The van der Waals surface area contributed by atoms with Gasteiger partial charge in [0.1, 0.15) is 11.9 Å². The average molecular weight is 472 g/mol. The van der Waals surface area contributed by atoms with E-state index in [-0.39, 0.29) is 17.1 Å². The van der Waals surface area contributed by atoms with E-state index in [0.717, 1.165) is 0 Å². The van der Waals surface area contributed by atoms with Crippen LogP contribution in [0.1, 0.15) is 13.3 Å². The summed E-state index contributed by atoms with van der Waals surface area (Å²) in [5.74, 6) is -0.675. The number of nitrogens with one attached hydrogen (secondary N) is 2. The Morgan fingerprint density at radius 2 is 1.90 bits per heavy atom. The summed E-state index contributed by atoms with van der Waals surface area (Å²) >= 11 is 7.21. The smallest absolute Gasteiger partial charge is 0.324 e. The number of anilines is 1. The van der Waals surface area contributed by atoms with Crippen molar-refractivity contribution in [2.75, 3.05) is 17.3 Å². The molecule has 2 aromatic rings. The van der Waals surface area contributed by atoms with Gasteiger partial charge in [0, 0.05) is 6.20 Å². The number of pyridine rings is 1. The molecular formula is C19H22ClN3O5S2. The highest BCUT2D eigenvalue weighted by molar-refractivity contribution is 7.98. The summed E-state index contributed by atoms with van der Waals surface area (Å²) < 4.78 is 32.7. The van der Waals surface area contributed by atoms with Crippen LogP contribution in [0.2, 0.25) is 5.02 Å². The Kier molecular flexibility index (Phi) is 9.09. The number of rotatable bonds is 10. The van der Waals surface area contributed by atoms with Gasteiger partial charge in [-0.15, -0.1) is 0 Å². The fourth-order valence-electron chi connectivity index (χ4n) is 2.30. The number of esters is 1. The number of hydrogen-bond acceptors (Lipinski definition) is 7. The van der Waals surface area contributed by atoms with Gasteiger partial charge in [-0.1, -0.05) is 29.8 Å². The van der Waals surface area contributed by atoms with Crippen molar-refractivity contribution in [1.29, 1.82) is 0 Å². The standard InChI is InChI=1S/C19H22ClN3O5S2/c1-13(18(24)22-17-9-8-14(20)12-21-17)28-19(25)16(10-11-29-2)23-30(26,27)15-6-4-3-5-7-15/h3-9,12-13,16,23H,10-11H2,1-2H3,(H,21,22,24)/t13-,16+/m0/s1. The maximum Gasteiger partial charge on any atom is 0.324 e. The van der Waals surface area contributed by atoms with Gasteiger partial charge in [-0.25, -0.2) is 13.4 Å². The molecule has 1 aromatic carbocycles. The minimum absolute atomic E-state index is 0.0338. The molecule has 162 valence electrons. The van der Waals surface area contributed by atoms with Crippen molar-refractivity contribution >= 4 is 51.1 Å². The zero-order valence-corrected chi connectivity index (χ0v) is 18.8. The quantitative estimate of drug-likeness (QED) is 0.512. The lowest BCUT2D eigenvalue weighted by atomic mass is 10.2. The molecule has 0 bridgehead atoms. The number of carbonyl (C=O) groups excluding carboxylic acids is 2. The molecule has 0 fully saturated rings. The van der Waals surface area contributed by atoms with Gasteiger partial charge in [0.05, 0.1) is 9.92 Å². The van der Waals surface area contributed by atoms with Crippen LogP contribution in [0.15, 0.2) is 53.6 Å². The molecule has 1 aromatic heterocycles. The minimum atomic E-state index is -3.93. The number of thioether (sulfide) groups is 1. The van der Waals surface area contributed by atoms with Crippen LogP contribution in [-0.2, 0) is 24.3 Å². The van der Waals surface area contributed by atoms with Gasteiger partial charge in [-0.05, 0) is 49.6 Å². The molecule has 0 aliphatic heterocycles. The Labute approximate surface area is 184 Å². The second-order valence-corrected chi connectivity index (χ2v) is 9.33. The molecule has 0 radical (unpaired) electrons. The molecule has 0 saturated carbocycles. The molecule has 30 heavy (non-hydrogen) atoms. The van der Waals surface area contributed by atoms with Crippen LogP contribution < -0.4 is 10.0 Å². The predicted molar refractivity (Wildman–Crippen MR) is 117 cm³/mol. The van der Waals surface area contributed by atoms with Crippen molar-refractivity contribution in [2.45, 2.75) is 30.4 Å². The zero-order chi connectivity index (χ0) is 22.1. The van der Waals surface area contributed by atoms with Crippen LogP contribution in [-0.4, -0.2) is 49.4 Å². The highest BCUT2D eigenvalue weighted by Gasteiger charge is 2.29. The lowest BCUT2D eigenvalue weighted by Gasteiger charge is -2.20. The van der Waals surface area contributed by atoms with E-state index in [4.69, 9.17) is 16.3 Å².